The molecule has 2 aromatic carbocycles. The van der Waals surface area contributed by atoms with E-state index in [1.165, 1.54) is 0 Å². The van der Waals surface area contributed by atoms with E-state index in [2.05, 4.69) is 5.16 Å². The predicted octanol–water partition coefficient (Wildman–Crippen LogP) is 3.57. The first-order valence-electron chi connectivity index (χ1n) is 9.38. The molecule has 148 valence electrons. The highest BCUT2D eigenvalue weighted by Gasteiger charge is 2.55. The van der Waals surface area contributed by atoms with Crippen molar-refractivity contribution in [2.75, 3.05) is 20.8 Å². The first-order valence-corrected chi connectivity index (χ1v) is 9.38. The Hall–Kier alpha value is -3.19. The van der Waals surface area contributed by atoms with E-state index in [0.717, 1.165) is 5.56 Å². The zero-order valence-corrected chi connectivity index (χ0v) is 16.5. The molecule has 0 saturated carbocycles. The number of carbonyl (C=O) groups excluding carboxylic acids is 2. The topological polar surface area (TPSA) is 87.9 Å². The Balaban J connectivity index is 2.07. The summed E-state index contributed by atoms with van der Waals surface area (Å²) in [4.78, 5) is 26.4. The van der Waals surface area contributed by atoms with Gasteiger partial charge in [0, 0.05) is 29.4 Å². The average molecular weight is 393 g/mol. The van der Waals surface area contributed by atoms with Crippen LogP contribution < -0.4 is 9.47 Å². The summed E-state index contributed by atoms with van der Waals surface area (Å²) in [5, 5.41) is 4.90. The third-order valence-electron chi connectivity index (χ3n) is 5.81. The Labute approximate surface area is 166 Å². The smallest absolute Gasteiger partial charge is 0.181 e. The number of methoxy groups -OCH3 is 2. The molecule has 0 fully saturated rings. The van der Waals surface area contributed by atoms with Crippen LogP contribution in [0.1, 0.15) is 40.4 Å². The zero-order chi connectivity index (χ0) is 20.5. The monoisotopic (exact) mass is 393 g/mol. The molecule has 3 aromatic rings. The van der Waals surface area contributed by atoms with Crippen molar-refractivity contribution in [3.63, 3.8) is 0 Å². The second kappa shape index (κ2) is 5.90. The molecule has 0 radical (unpaired) electrons. The number of ketones is 2. The standard InChI is InChI=1S/C22H19NO6/c1-5-28-22-12-7-11(26-3)8-14(27-4)18(12)21-19-15(29-23-21)6-10(2)17(20(19)22)13(24)9-16(22)25/h6-8H,5,9H2,1-4H3/t22-/m1/s1. The van der Waals surface area contributed by atoms with E-state index in [0.29, 0.717) is 50.4 Å². The summed E-state index contributed by atoms with van der Waals surface area (Å²) in [6.45, 7) is 3.93. The van der Waals surface area contributed by atoms with Gasteiger partial charge in [-0.2, -0.15) is 0 Å². The minimum atomic E-state index is -1.45. The summed E-state index contributed by atoms with van der Waals surface area (Å²) in [7, 11) is 3.09. The summed E-state index contributed by atoms with van der Waals surface area (Å²) in [6, 6.07) is 5.28. The Bertz CT molecular complexity index is 1220. The first-order chi connectivity index (χ1) is 14.0. The summed E-state index contributed by atoms with van der Waals surface area (Å²) < 4.78 is 22.9. The third kappa shape index (κ3) is 2.03. The van der Waals surface area contributed by atoms with Crippen molar-refractivity contribution in [3.05, 3.63) is 40.5 Å². The van der Waals surface area contributed by atoms with Crippen molar-refractivity contribution in [2.45, 2.75) is 25.9 Å². The fraction of sp³-hybridized carbons (Fsp3) is 0.318. The van der Waals surface area contributed by atoms with Gasteiger partial charge < -0.3 is 18.7 Å². The van der Waals surface area contributed by atoms with Crippen molar-refractivity contribution in [3.8, 4) is 22.8 Å². The summed E-state index contributed by atoms with van der Waals surface area (Å²) in [6.07, 6.45) is -0.237. The van der Waals surface area contributed by atoms with Crippen LogP contribution >= 0.6 is 0 Å². The van der Waals surface area contributed by atoms with E-state index in [1.807, 2.05) is 13.8 Å². The van der Waals surface area contributed by atoms with E-state index in [1.54, 1.807) is 32.4 Å². The van der Waals surface area contributed by atoms with Gasteiger partial charge in [0.1, 0.15) is 17.2 Å². The van der Waals surface area contributed by atoms with E-state index >= 15 is 0 Å². The Morgan fingerprint density at radius 2 is 1.93 bits per heavy atom. The molecule has 7 nitrogen and oxygen atoms in total. The second-order valence-corrected chi connectivity index (χ2v) is 7.24. The maximum atomic E-state index is 13.5. The quantitative estimate of drug-likeness (QED) is 0.626. The van der Waals surface area contributed by atoms with Gasteiger partial charge in [0.25, 0.3) is 0 Å². The lowest BCUT2D eigenvalue weighted by molar-refractivity contribution is -0.139. The maximum absolute atomic E-state index is 13.5. The predicted molar refractivity (Wildman–Crippen MR) is 104 cm³/mol. The molecule has 0 saturated heterocycles. The van der Waals surface area contributed by atoms with Gasteiger partial charge in [-0.05, 0) is 31.5 Å². The molecular weight excluding hydrogens is 374 g/mol. The van der Waals surface area contributed by atoms with Crippen LogP contribution in [-0.2, 0) is 15.1 Å². The lowest BCUT2D eigenvalue weighted by atomic mass is 9.66. The molecule has 7 heteroatoms. The molecule has 1 heterocycles. The summed E-state index contributed by atoms with van der Waals surface area (Å²) in [5.41, 5.74) is 2.52. The number of rotatable bonds is 4. The largest absolute Gasteiger partial charge is 0.497 e. The number of nitrogens with zero attached hydrogens (tertiary/aromatic N) is 1. The first kappa shape index (κ1) is 17.9. The normalized spacial score (nSPS) is 19.4. The Morgan fingerprint density at radius 1 is 1.14 bits per heavy atom. The molecule has 0 spiro atoms. The fourth-order valence-electron chi connectivity index (χ4n) is 4.74. The van der Waals surface area contributed by atoms with Crippen molar-refractivity contribution in [1.29, 1.82) is 0 Å². The molecule has 0 bridgehead atoms. The number of hydrogen-bond acceptors (Lipinski definition) is 7. The molecular formula is C22H19NO6. The van der Waals surface area contributed by atoms with Crippen molar-refractivity contribution >= 4 is 22.5 Å². The number of fused-ring (bicyclic) bond motifs is 3. The molecule has 1 atom stereocenters. The molecule has 2 aliphatic rings. The van der Waals surface area contributed by atoms with Gasteiger partial charge in [-0.1, -0.05) is 5.16 Å². The van der Waals surface area contributed by atoms with Gasteiger partial charge in [-0.15, -0.1) is 0 Å². The molecule has 0 aliphatic heterocycles. The number of aromatic nitrogens is 1. The second-order valence-electron chi connectivity index (χ2n) is 7.24. The van der Waals surface area contributed by atoms with Gasteiger partial charge in [0.05, 0.1) is 31.6 Å². The Kier molecular flexibility index (Phi) is 3.64. The van der Waals surface area contributed by atoms with Crippen LogP contribution in [0.2, 0.25) is 0 Å². The highest BCUT2D eigenvalue weighted by Crippen LogP contribution is 2.57. The number of Topliss-reactive ketones (excluding diaryl/α,β-unsaturated/α-hetero) is 2. The molecule has 0 amide bonds. The molecule has 29 heavy (non-hydrogen) atoms. The van der Waals surface area contributed by atoms with Crippen molar-refractivity contribution in [1.82, 2.24) is 5.16 Å². The van der Waals surface area contributed by atoms with E-state index < -0.39 is 5.60 Å². The van der Waals surface area contributed by atoms with Crippen molar-refractivity contribution in [2.24, 2.45) is 0 Å². The van der Waals surface area contributed by atoms with E-state index in [-0.39, 0.29) is 24.6 Å². The molecule has 0 unspecified atom stereocenters. The van der Waals surface area contributed by atoms with E-state index in [9.17, 15) is 9.59 Å². The van der Waals surface area contributed by atoms with Crippen LogP contribution in [-0.4, -0.2) is 37.5 Å². The van der Waals surface area contributed by atoms with Gasteiger partial charge in [-0.25, -0.2) is 0 Å². The number of hydrogen-bond donors (Lipinski definition) is 0. The van der Waals surface area contributed by atoms with Gasteiger partial charge in [0.2, 0.25) is 0 Å². The van der Waals surface area contributed by atoms with Gasteiger partial charge in [0.15, 0.2) is 22.8 Å². The SMILES string of the molecule is CCO[C@]12C(=O)CC(=O)c3c(C)cc4onc(c4c31)-c1c(OC)cc(OC)cc12. The van der Waals surface area contributed by atoms with Gasteiger partial charge in [-0.3, -0.25) is 9.59 Å². The minimum Gasteiger partial charge on any atom is -0.497 e. The highest BCUT2D eigenvalue weighted by molar-refractivity contribution is 6.23. The number of carbonyl (C=O) groups is 2. The van der Waals surface area contributed by atoms with Crippen LogP contribution in [0.3, 0.4) is 0 Å². The molecule has 5 rings (SSSR count). The highest BCUT2D eigenvalue weighted by atomic mass is 16.5. The summed E-state index contributed by atoms with van der Waals surface area (Å²) >= 11 is 0. The lowest BCUT2D eigenvalue weighted by Gasteiger charge is -2.41. The van der Waals surface area contributed by atoms with Crippen LogP contribution in [0.5, 0.6) is 11.5 Å². The third-order valence-corrected chi connectivity index (χ3v) is 5.81. The van der Waals surface area contributed by atoms with Crippen LogP contribution in [0, 0.1) is 6.92 Å². The number of benzene rings is 2. The van der Waals surface area contributed by atoms with Crippen LogP contribution in [0.15, 0.2) is 22.7 Å². The minimum absolute atomic E-state index is 0.217. The van der Waals surface area contributed by atoms with Crippen molar-refractivity contribution < 1.29 is 28.3 Å². The number of ether oxygens (including phenoxy) is 3. The molecule has 1 aromatic heterocycles. The summed E-state index contributed by atoms with van der Waals surface area (Å²) in [5.74, 6) is 0.477. The Morgan fingerprint density at radius 3 is 2.62 bits per heavy atom. The molecule has 2 aliphatic carbocycles. The number of aryl methyl sites for hydroxylation is 1. The maximum Gasteiger partial charge on any atom is 0.181 e. The molecule has 0 N–H and O–H groups in total. The average Bonchev–Trinajstić information content (AvgIpc) is 3.12. The van der Waals surface area contributed by atoms with E-state index in [4.69, 9.17) is 18.7 Å². The van der Waals surface area contributed by atoms with Gasteiger partial charge >= 0.3 is 0 Å². The fourth-order valence-corrected chi connectivity index (χ4v) is 4.74. The van der Waals surface area contributed by atoms with Crippen LogP contribution in [0.4, 0.5) is 0 Å². The zero-order valence-electron chi connectivity index (χ0n) is 16.5. The lowest BCUT2D eigenvalue weighted by Crippen LogP contribution is -2.47. The van der Waals surface area contributed by atoms with Crippen LogP contribution in [0.25, 0.3) is 22.2 Å².